The summed E-state index contributed by atoms with van der Waals surface area (Å²) < 4.78 is 22.2. The largest absolute Gasteiger partial charge is 0.496 e. The zero-order valence-corrected chi connectivity index (χ0v) is 27.1. The van der Waals surface area contributed by atoms with E-state index < -0.39 is 0 Å². The Balaban J connectivity index is 0.00000400. The lowest BCUT2D eigenvalue weighted by molar-refractivity contribution is 0.175. The van der Waals surface area contributed by atoms with Crippen LogP contribution in [0.15, 0.2) is 24.3 Å². The van der Waals surface area contributed by atoms with Gasteiger partial charge in [0.25, 0.3) is 0 Å². The van der Waals surface area contributed by atoms with E-state index >= 15 is 0 Å². The molecule has 2 aromatic rings. The number of benzene rings is 2. The Kier molecular flexibility index (Phi) is 17.4. The van der Waals surface area contributed by atoms with Crippen molar-refractivity contribution in [2.24, 2.45) is 0 Å². The highest BCUT2D eigenvalue weighted by atomic mass is 35.5. The molecular weight excluding hydrogens is 547 g/mol. The monoisotopic (exact) mass is 598 g/mol. The molecule has 0 spiro atoms. The topological polar surface area (TPSA) is 52.2 Å². The lowest BCUT2D eigenvalue weighted by atomic mass is 9.86. The molecule has 0 radical (unpaired) electrons. The number of ether oxygens (including phenoxy) is 4. The Morgan fingerprint density at radius 1 is 0.825 bits per heavy atom. The Hall–Kier alpha value is -1.86. The molecule has 0 saturated heterocycles. The van der Waals surface area contributed by atoms with Crippen LogP contribution in [-0.2, 0) is 19.3 Å². The Labute approximate surface area is 255 Å². The van der Waals surface area contributed by atoms with Gasteiger partial charge < -0.3 is 29.2 Å². The molecule has 1 atom stereocenters. The van der Waals surface area contributed by atoms with Crippen LogP contribution >= 0.6 is 24.8 Å². The minimum atomic E-state index is 0. The number of rotatable bonds is 17. The third-order valence-corrected chi connectivity index (χ3v) is 7.91. The zero-order valence-electron chi connectivity index (χ0n) is 25.5. The number of halogens is 2. The van der Waals surface area contributed by atoms with Crippen LogP contribution in [0.4, 0.5) is 0 Å². The minimum absolute atomic E-state index is 0. The van der Waals surface area contributed by atoms with Gasteiger partial charge in [0.1, 0.15) is 11.5 Å². The van der Waals surface area contributed by atoms with Gasteiger partial charge in [0, 0.05) is 17.2 Å². The van der Waals surface area contributed by atoms with Gasteiger partial charge in [-0.05, 0) is 107 Å². The van der Waals surface area contributed by atoms with E-state index in [0.717, 1.165) is 60.9 Å². The molecule has 8 heteroatoms. The molecule has 2 aromatic carbocycles. The molecule has 0 unspecified atom stereocenters. The summed E-state index contributed by atoms with van der Waals surface area (Å²) in [7, 11) is 6.90. The predicted octanol–water partition coefficient (Wildman–Crippen LogP) is 6.84. The third kappa shape index (κ3) is 9.90. The normalized spacial score (nSPS) is 14.1. The highest BCUT2D eigenvalue weighted by molar-refractivity contribution is 5.85. The van der Waals surface area contributed by atoms with Gasteiger partial charge in [-0.15, -0.1) is 24.8 Å². The van der Waals surface area contributed by atoms with Crippen LogP contribution in [0.2, 0.25) is 0 Å². The van der Waals surface area contributed by atoms with Gasteiger partial charge in [0.2, 0.25) is 0 Å². The molecular formula is C32H52Cl2N2O4. The average Bonchev–Trinajstić information content (AvgIpc) is 2.95. The second-order valence-electron chi connectivity index (χ2n) is 10.4. The van der Waals surface area contributed by atoms with Crippen molar-refractivity contribution in [1.82, 2.24) is 10.2 Å². The molecule has 0 amide bonds. The fraction of sp³-hybridized carbons (Fsp3) is 0.625. The van der Waals surface area contributed by atoms with Gasteiger partial charge in [0.15, 0.2) is 11.5 Å². The van der Waals surface area contributed by atoms with Crippen molar-refractivity contribution in [3.8, 4) is 23.0 Å². The van der Waals surface area contributed by atoms with Gasteiger partial charge in [0.05, 0.1) is 28.4 Å². The van der Waals surface area contributed by atoms with Crippen LogP contribution in [-0.4, -0.2) is 65.6 Å². The fourth-order valence-electron chi connectivity index (χ4n) is 5.80. The lowest BCUT2D eigenvalue weighted by Crippen LogP contribution is -2.40. The van der Waals surface area contributed by atoms with Crippen molar-refractivity contribution >= 4 is 24.8 Å². The summed E-state index contributed by atoms with van der Waals surface area (Å²) >= 11 is 0. The summed E-state index contributed by atoms with van der Waals surface area (Å²) in [5, 5.41) is 3.61. The standard InChI is InChI=1S/C32H50N2O4.2ClH/c1-7-19-34(27-13-14-28-26(23-27)12-15-29(35-3)32(28)38-6)20-11-9-8-10-17-33-18-16-25-21-30(36-4)24(2)31(22-25)37-5;;/h12,15,21-22,27,33H,7-11,13-14,16-20,23H2,1-6H3;2*1H/t27-;;/m0../s1. The SMILES string of the molecule is CCCN(CCCCCCNCCc1cc(OC)c(C)c(OC)c1)[C@H]1CCc2c(ccc(OC)c2OC)C1.Cl.Cl. The molecule has 0 bridgehead atoms. The van der Waals surface area contributed by atoms with Gasteiger partial charge >= 0.3 is 0 Å². The number of methoxy groups -OCH3 is 4. The van der Waals surface area contributed by atoms with E-state index in [1.54, 1.807) is 28.4 Å². The van der Waals surface area contributed by atoms with Gasteiger partial charge in [-0.25, -0.2) is 0 Å². The molecule has 0 aromatic heterocycles. The molecule has 228 valence electrons. The molecule has 1 aliphatic carbocycles. The molecule has 1 N–H and O–H groups in total. The summed E-state index contributed by atoms with van der Waals surface area (Å²) in [6.45, 7) is 8.76. The first kappa shape index (κ1) is 36.2. The smallest absolute Gasteiger partial charge is 0.164 e. The molecule has 0 aliphatic heterocycles. The van der Waals surface area contributed by atoms with Crippen molar-refractivity contribution in [2.45, 2.75) is 77.7 Å². The van der Waals surface area contributed by atoms with Crippen molar-refractivity contribution in [2.75, 3.05) is 54.6 Å². The third-order valence-electron chi connectivity index (χ3n) is 7.91. The maximum atomic E-state index is 5.70. The van der Waals surface area contributed by atoms with Crippen molar-refractivity contribution < 1.29 is 18.9 Å². The van der Waals surface area contributed by atoms with Crippen LogP contribution in [0.1, 0.15) is 67.7 Å². The molecule has 3 rings (SSSR count). The number of fused-ring (bicyclic) bond motifs is 1. The quantitative estimate of drug-likeness (QED) is 0.201. The summed E-state index contributed by atoms with van der Waals surface area (Å²) in [6, 6.07) is 9.18. The van der Waals surface area contributed by atoms with Crippen molar-refractivity contribution in [1.29, 1.82) is 0 Å². The number of unbranched alkanes of at least 4 members (excludes halogenated alkanes) is 3. The average molecular weight is 600 g/mol. The minimum Gasteiger partial charge on any atom is -0.496 e. The number of nitrogens with zero attached hydrogens (tertiary/aromatic N) is 1. The lowest BCUT2D eigenvalue weighted by Gasteiger charge is -2.36. The van der Waals surface area contributed by atoms with E-state index in [4.69, 9.17) is 18.9 Å². The Bertz CT molecular complexity index is 980. The van der Waals surface area contributed by atoms with Gasteiger partial charge in [-0.1, -0.05) is 25.8 Å². The van der Waals surface area contributed by atoms with Crippen molar-refractivity contribution in [3.63, 3.8) is 0 Å². The fourth-order valence-corrected chi connectivity index (χ4v) is 5.80. The molecule has 6 nitrogen and oxygen atoms in total. The zero-order chi connectivity index (χ0) is 27.3. The van der Waals surface area contributed by atoms with Crippen LogP contribution in [0.5, 0.6) is 23.0 Å². The highest BCUT2D eigenvalue weighted by Crippen LogP contribution is 2.38. The highest BCUT2D eigenvalue weighted by Gasteiger charge is 2.27. The molecule has 0 saturated carbocycles. The van der Waals surface area contributed by atoms with Crippen LogP contribution in [0, 0.1) is 6.92 Å². The summed E-state index contributed by atoms with van der Waals surface area (Å²) in [6.07, 6.45) is 10.6. The van der Waals surface area contributed by atoms with E-state index in [1.807, 2.05) is 6.92 Å². The number of nitrogens with one attached hydrogen (secondary N) is 1. The molecule has 0 heterocycles. The maximum absolute atomic E-state index is 5.70. The maximum Gasteiger partial charge on any atom is 0.164 e. The molecule has 0 fully saturated rings. The first-order valence-electron chi connectivity index (χ1n) is 14.4. The Morgan fingerprint density at radius 3 is 2.12 bits per heavy atom. The Morgan fingerprint density at radius 2 is 1.50 bits per heavy atom. The van der Waals surface area contributed by atoms with E-state index in [9.17, 15) is 0 Å². The second kappa shape index (κ2) is 19.3. The van der Waals surface area contributed by atoms with E-state index in [1.165, 1.54) is 68.3 Å². The first-order valence-corrected chi connectivity index (χ1v) is 14.4. The number of hydrogen-bond acceptors (Lipinski definition) is 6. The van der Waals surface area contributed by atoms with Gasteiger partial charge in [-0.2, -0.15) is 0 Å². The summed E-state index contributed by atoms with van der Waals surface area (Å²) in [5.41, 5.74) is 5.07. The molecule has 1 aliphatic rings. The molecule has 40 heavy (non-hydrogen) atoms. The van der Waals surface area contributed by atoms with Crippen LogP contribution < -0.4 is 24.3 Å². The summed E-state index contributed by atoms with van der Waals surface area (Å²) in [4.78, 5) is 2.74. The van der Waals surface area contributed by atoms with E-state index in [0.29, 0.717) is 6.04 Å². The van der Waals surface area contributed by atoms with E-state index in [2.05, 4.69) is 41.4 Å². The number of hydrogen-bond donors (Lipinski definition) is 1. The second-order valence-corrected chi connectivity index (χ2v) is 10.4. The van der Waals surface area contributed by atoms with Crippen molar-refractivity contribution in [3.05, 3.63) is 46.5 Å². The predicted molar refractivity (Wildman–Crippen MR) is 171 cm³/mol. The first-order chi connectivity index (χ1) is 18.6. The van der Waals surface area contributed by atoms with Crippen LogP contribution in [0.25, 0.3) is 0 Å². The van der Waals surface area contributed by atoms with E-state index in [-0.39, 0.29) is 24.8 Å². The van der Waals surface area contributed by atoms with Gasteiger partial charge in [-0.3, -0.25) is 0 Å². The van der Waals surface area contributed by atoms with Crippen LogP contribution in [0.3, 0.4) is 0 Å². The summed E-state index contributed by atoms with van der Waals surface area (Å²) in [5.74, 6) is 3.57.